The number of amides is 1. The van der Waals surface area contributed by atoms with Crippen molar-refractivity contribution in [2.75, 3.05) is 6.54 Å². The lowest BCUT2D eigenvalue weighted by Gasteiger charge is -2.07. The molecule has 0 saturated carbocycles. The van der Waals surface area contributed by atoms with E-state index in [0.717, 1.165) is 17.5 Å². The Morgan fingerprint density at radius 2 is 1.60 bits per heavy atom. The summed E-state index contributed by atoms with van der Waals surface area (Å²) in [5.41, 5.74) is 9.67. The highest BCUT2D eigenvalue weighted by molar-refractivity contribution is 5.94. The van der Waals surface area contributed by atoms with Gasteiger partial charge in [0.25, 0.3) is 5.91 Å². The maximum atomic E-state index is 12.0. The monoisotopic (exact) mass is 268 g/mol. The van der Waals surface area contributed by atoms with Crippen LogP contribution in [-0.4, -0.2) is 12.5 Å². The van der Waals surface area contributed by atoms with Crippen molar-refractivity contribution in [1.29, 1.82) is 0 Å². The van der Waals surface area contributed by atoms with Crippen LogP contribution in [0.25, 0.3) is 0 Å². The molecule has 0 spiro atoms. The van der Waals surface area contributed by atoms with E-state index in [4.69, 9.17) is 5.73 Å². The third-order valence-corrected chi connectivity index (χ3v) is 3.22. The Hall–Kier alpha value is -2.13. The lowest BCUT2D eigenvalue weighted by Crippen LogP contribution is -2.22. The Kier molecular flexibility index (Phi) is 4.91. The molecule has 0 aromatic heterocycles. The summed E-state index contributed by atoms with van der Waals surface area (Å²) in [6, 6.07) is 15.7. The molecule has 104 valence electrons. The second kappa shape index (κ2) is 6.87. The highest BCUT2D eigenvalue weighted by Crippen LogP contribution is 2.06. The fourth-order valence-corrected chi connectivity index (χ4v) is 1.98. The molecule has 0 aliphatic heterocycles. The first kappa shape index (κ1) is 14.3. The van der Waals surface area contributed by atoms with Gasteiger partial charge < -0.3 is 11.1 Å². The highest BCUT2D eigenvalue weighted by Gasteiger charge is 2.04. The molecule has 3 nitrogen and oxygen atoms in total. The molecule has 0 heterocycles. The predicted molar refractivity (Wildman–Crippen MR) is 81.5 cm³/mol. The van der Waals surface area contributed by atoms with Gasteiger partial charge in [0.2, 0.25) is 0 Å². The fraction of sp³-hybridized carbons (Fsp3) is 0.235. The summed E-state index contributed by atoms with van der Waals surface area (Å²) in [5, 5.41) is 2.92. The van der Waals surface area contributed by atoms with Crippen molar-refractivity contribution in [2.24, 2.45) is 5.73 Å². The number of aryl methyl sites for hydroxylation is 1. The van der Waals surface area contributed by atoms with Gasteiger partial charge in [-0.15, -0.1) is 0 Å². The zero-order valence-electron chi connectivity index (χ0n) is 11.7. The van der Waals surface area contributed by atoms with E-state index in [0.29, 0.717) is 18.7 Å². The molecule has 0 saturated heterocycles. The van der Waals surface area contributed by atoms with Gasteiger partial charge in [0, 0.05) is 12.1 Å². The standard InChI is InChI=1S/C17H20N2O/c1-13-2-8-16(9-3-13)17(20)19-12-15-6-4-14(5-7-15)10-11-18/h2-9H,10-12,18H2,1H3,(H,19,20). The van der Waals surface area contributed by atoms with E-state index in [9.17, 15) is 4.79 Å². The van der Waals surface area contributed by atoms with Crippen LogP contribution in [0.4, 0.5) is 0 Å². The molecule has 3 N–H and O–H groups in total. The van der Waals surface area contributed by atoms with Gasteiger partial charge in [0.1, 0.15) is 0 Å². The normalized spacial score (nSPS) is 10.3. The minimum absolute atomic E-state index is 0.0453. The molecule has 1 amide bonds. The molecule has 0 radical (unpaired) electrons. The van der Waals surface area contributed by atoms with Gasteiger partial charge >= 0.3 is 0 Å². The number of rotatable bonds is 5. The van der Waals surface area contributed by atoms with E-state index < -0.39 is 0 Å². The number of carbonyl (C=O) groups is 1. The lowest BCUT2D eigenvalue weighted by atomic mass is 10.1. The molecule has 0 aliphatic carbocycles. The van der Waals surface area contributed by atoms with Crippen LogP contribution in [0.3, 0.4) is 0 Å². The molecule has 0 aliphatic rings. The summed E-state index contributed by atoms with van der Waals surface area (Å²) in [5.74, 6) is -0.0453. The van der Waals surface area contributed by atoms with Crippen LogP contribution in [-0.2, 0) is 13.0 Å². The van der Waals surface area contributed by atoms with Crippen LogP contribution in [0.1, 0.15) is 27.0 Å². The van der Waals surface area contributed by atoms with Crippen molar-refractivity contribution in [3.8, 4) is 0 Å². The molecule has 0 unspecified atom stereocenters. The van der Waals surface area contributed by atoms with Crippen molar-refractivity contribution in [3.63, 3.8) is 0 Å². The maximum absolute atomic E-state index is 12.0. The number of nitrogens with two attached hydrogens (primary N) is 1. The van der Waals surface area contributed by atoms with Crippen LogP contribution in [0, 0.1) is 6.92 Å². The predicted octanol–water partition coefficient (Wildman–Crippen LogP) is 2.43. The summed E-state index contributed by atoms with van der Waals surface area (Å²) in [7, 11) is 0. The smallest absolute Gasteiger partial charge is 0.251 e. The first-order valence-electron chi connectivity index (χ1n) is 6.82. The van der Waals surface area contributed by atoms with Crippen molar-refractivity contribution < 1.29 is 4.79 Å². The highest BCUT2D eigenvalue weighted by atomic mass is 16.1. The van der Waals surface area contributed by atoms with Crippen LogP contribution in [0.5, 0.6) is 0 Å². The number of nitrogens with one attached hydrogen (secondary N) is 1. The third-order valence-electron chi connectivity index (χ3n) is 3.22. The summed E-state index contributed by atoms with van der Waals surface area (Å²) < 4.78 is 0. The molecule has 20 heavy (non-hydrogen) atoms. The molecule has 0 bridgehead atoms. The fourth-order valence-electron chi connectivity index (χ4n) is 1.98. The molecule has 2 aromatic carbocycles. The molecule has 2 aromatic rings. The molecule has 3 heteroatoms. The average molecular weight is 268 g/mol. The second-order valence-corrected chi connectivity index (χ2v) is 4.90. The van der Waals surface area contributed by atoms with E-state index in [-0.39, 0.29) is 5.91 Å². The SMILES string of the molecule is Cc1ccc(C(=O)NCc2ccc(CCN)cc2)cc1. The summed E-state index contributed by atoms with van der Waals surface area (Å²) >= 11 is 0. The van der Waals surface area contributed by atoms with Crippen LogP contribution < -0.4 is 11.1 Å². The van der Waals surface area contributed by atoms with Gasteiger partial charge in [-0.2, -0.15) is 0 Å². The maximum Gasteiger partial charge on any atom is 0.251 e. The molecular weight excluding hydrogens is 248 g/mol. The number of benzene rings is 2. The Bertz CT molecular complexity index is 559. The Morgan fingerprint density at radius 1 is 1.00 bits per heavy atom. The van der Waals surface area contributed by atoms with E-state index in [1.807, 2.05) is 43.3 Å². The Labute approximate surface area is 119 Å². The molecule has 0 fully saturated rings. The van der Waals surface area contributed by atoms with Gasteiger partial charge in [-0.3, -0.25) is 4.79 Å². The Balaban J connectivity index is 1.91. The topological polar surface area (TPSA) is 55.1 Å². The zero-order valence-corrected chi connectivity index (χ0v) is 11.7. The minimum atomic E-state index is -0.0453. The number of carbonyl (C=O) groups excluding carboxylic acids is 1. The van der Waals surface area contributed by atoms with Crippen LogP contribution in [0.15, 0.2) is 48.5 Å². The number of hydrogen-bond donors (Lipinski definition) is 2. The minimum Gasteiger partial charge on any atom is -0.348 e. The molecule has 2 rings (SSSR count). The van der Waals surface area contributed by atoms with Crippen molar-refractivity contribution >= 4 is 5.91 Å². The molecular formula is C17H20N2O. The van der Waals surface area contributed by atoms with E-state index >= 15 is 0 Å². The van der Waals surface area contributed by atoms with Gasteiger partial charge in [-0.05, 0) is 43.1 Å². The first-order chi connectivity index (χ1) is 9.69. The van der Waals surface area contributed by atoms with Gasteiger partial charge in [0.15, 0.2) is 0 Å². The van der Waals surface area contributed by atoms with Crippen molar-refractivity contribution in [2.45, 2.75) is 19.9 Å². The van der Waals surface area contributed by atoms with Gasteiger partial charge in [0.05, 0.1) is 0 Å². The first-order valence-corrected chi connectivity index (χ1v) is 6.82. The lowest BCUT2D eigenvalue weighted by molar-refractivity contribution is 0.0951. The van der Waals surface area contributed by atoms with E-state index in [1.165, 1.54) is 5.56 Å². The van der Waals surface area contributed by atoms with E-state index in [1.54, 1.807) is 0 Å². The summed E-state index contributed by atoms with van der Waals surface area (Å²) in [4.78, 5) is 12.0. The molecule has 0 atom stereocenters. The van der Waals surface area contributed by atoms with E-state index in [2.05, 4.69) is 17.4 Å². The average Bonchev–Trinajstić information content (AvgIpc) is 2.47. The quantitative estimate of drug-likeness (QED) is 0.875. The zero-order chi connectivity index (χ0) is 14.4. The Morgan fingerprint density at radius 3 is 2.20 bits per heavy atom. The van der Waals surface area contributed by atoms with Crippen molar-refractivity contribution in [1.82, 2.24) is 5.32 Å². The summed E-state index contributed by atoms with van der Waals surface area (Å²) in [6.45, 7) is 3.20. The summed E-state index contributed by atoms with van der Waals surface area (Å²) in [6.07, 6.45) is 0.885. The second-order valence-electron chi connectivity index (χ2n) is 4.90. The largest absolute Gasteiger partial charge is 0.348 e. The van der Waals surface area contributed by atoms with Crippen molar-refractivity contribution in [3.05, 3.63) is 70.8 Å². The van der Waals surface area contributed by atoms with Crippen LogP contribution >= 0.6 is 0 Å². The number of hydrogen-bond acceptors (Lipinski definition) is 2. The third kappa shape index (κ3) is 3.93. The van der Waals surface area contributed by atoms with Crippen LogP contribution in [0.2, 0.25) is 0 Å². The van der Waals surface area contributed by atoms with Gasteiger partial charge in [-0.1, -0.05) is 42.0 Å². The van der Waals surface area contributed by atoms with Gasteiger partial charge in [-0.25, -0.2) is 0 Å².